The van der Waals surface area contributed by atoms with E-state index in [1.54, 1.807) is 28.4 Å². The van der Waals surface area contributed by atoms with Crippen LogP contribution in [0.5, 0.6) is 17.2 Å². The molecule has 3 N–H and O–H groups in total. The molecule has 1 aromatic carbocycles. The van der Waals surface area contributed by atoms with Crippen LogP contribution in [-0.2, 0) is 11.3 Å². The third-order valence-corrected chi connectivity index (χ3v) is 3.49. The van der Waals surface area contributed by atoms with E-state index in [9.17, 15) is 4.79 Å². The number of aliphatic imine (C=N–C) groups is 1. The van der Waals surface area contributed by atoms with Gasteiger partial charge in [-0.1, -0.05) is 0 Å². The summed E-state index contributed by atoms with van der Waals surface area (Å²) >= 11 is 0. The van der Waals surface area contributed by atoms with Crippen molar-refractivity contribution in [1.29, 1.82) is 0 Å². The molecule has 9 nitrogen and oxygen atoms in total. The maximum Gasteiger partial charge on any atom is 0.407 e. The average molecular weight is 396 g/mol. The second-order valence-corrected chi connectivity index (χ2v) is 6.81. The zero-order chi connectivity index (χ0) is 21.2. The number of amides is 1. The Morgan fingerprint density at radius 3 is 2.00 bits per heavy atom. The molecule has 158 valence electrons. The van der Waals surface area contributed by atoms with Crippen molar-refractivity contribution in [2.75, 3.05) is 41.5 Å². The highest BCUT2D eigenvalue weighted by Crippen LogP contribution is 2.38. The lowest BCUT2D eigenvalue weighted by Gasteiger charge is -2.20. The second-order valence-electron chi connectivity index (χ2n) is 6.81. The van der Waals surface area contributed by atoms with E-state index in [-0.39, 0.29) is 0 Å². The number of carbonyl (C=O) groups excluding carboxylic acids is 1. The zero-order valence-electron chi connectivity index (χ0n) is 17.8. The molecule has 0 fully saturated rings. The molecule has 0 bridgehead atoms. The lowest BCUT2D eigenvalue weighted by atomic mass is 10.2. The van der Waals surface area contributed by atoms with E-state index in [1.807, 2.05) is 32.9 Å². The number of hydrogen-bond acceptors (Lipinski definition) is 6. The van der Waals surface area contributed by atoms with Gasteiger partial charge in [0.15, 0.2) is 17.5 Å². The highest BCUT2D eigenvalue weighted by Gasteiger charge is 2.15. The van der Waals surface area contributed by atoms with Gasteiger partial charge in [0.05, 0.1) is 21.3 Å². The lowest BCUT2D eigenvalue weighted by molar-refractivity contribution is 0.0529. The van der Waals surface area contributed by atoms with Crippen LogP contribution in [0.2, 0.25) is 0 Å². The van der Waals surface area contributed by atoms with Crippen LogP contribution in [0.3, 0.4) is 0 Å². The Labute approximate surface area is 166 Å². The van der Waals surface area contributed by atoms with Crippen LogP contribution >= 0.6 is 0 Å². The van der Waals surface area contributed by atoms with E-state index in [1.165, 1.54) is 0 Å². The summed E-state index contributed by atoms with van der Waals surface area (Å²) in [7, 11) is 6.39. The van der Waals surface area contributed by atoms with Gasteiger partial charge in [-0.2, -0.15) is 0 Å². The van der Waals surface area contributed by atoms with E-state index in [4.69, 9.17) is 18.9 Å². The van der Waals surface area contributed by atoms with Crippen molar-refractivity contribution in [2.45, 2.75) is 32.9 Å². The fourth-order valence-corrected chi connectivity index (χ4v) is 2.30. The van der Waals surface area contributed by atoms with Crippen molar-refractivity contribution >= 4 is 12.1 Å². The van der Waals surface area contributed by atoms with Gasteiger partial charge < -0.3 is 34.9 Å². The summed E-state index contributed by atoms with van der Waals surface area (Å²) < 4.78 is 21.2. The van der Waals surface area contributed by atoms with Gasteiger partial charge in [-0.05, 0) is 38.5 Å². The number of nitrogens with one attached hydrogen (secondary N) is 3. The summed E-state index contributed by atoms with van der Waals surface area (Å²) in [5.41, 5.74) is 0.416. The highest BCUT2D eigenvalue weighted by molar-refractivity contribution is 5.79. The van der Waals surface area contributed by atoms with Crippen molar-refractivity contribution in [2.24, 2.45) is 4.99 Å². The monoisotopic (exact) mass is 396 g/mol. The van der Waals surface area contributed by atoms with Crippen LogP contribution < -0.4 is 30.2 Å². The summed E-state index contributed by atoms with van der Waals surface area (Å²) in [4.78, 5) is 15.8. The molecule has 0 atom stereocenters. The van der Waals surface area contributed by atoms with Gasteiger partial charge in [0.25, 0.3) is 0 Å². The fourth-order valence-electron chi connectivity index (χ4n) is 2.30. The molecule has 0 heterocycles. The van der Waals surface area contributed by atoms with Gasteiger partial charge in [0.2, 0.25) is 5.75 Å². The summed E-state index contributed by atoms with van der Waals surface area (Å²) in [5.74, 6) is 2.32. The van der Waals surface area contributed by atoms with E-state index in [2.05, 4.69) is 20.9 Å². The van der Waals surface area contributed by atoms with Crippen LogP contribution in [-0.4, -0.2) is 59.1 Å². The van der Waals surface area contributed by atoms with Gasteiger partial charge in [0.1, 0.15) is 5.60 Å². The summed E-state index contributed by atoms with van der Waals surface area (Å²) in [6, 6.07) is 3.73. The molecule has 1 rings (SSSR count). The van der Waals surface area contributed by atoms with Crippen LogP contribution in [0.15, 0.2) is 17.1 Å². The topological polar surface area (TPSA) is 102 Å². The van der Waals surface area contributed by atoms with Gasteiger partial charge >= 0.3 is 6.09 Å². The number of carbonyl (C=O) groups is 1. The number of guanidine groups is 1. The zero-order valence-corrected chi connectivity index (χ0v) is 17.8. The number of nitrogens with zero attached hydrogens (tertiary/aromatic N) is 1. The van der Waals surface area contributed by atoms with Gasteiger partial charge in [-0.3, -0.25) is 4.99 Å². The summed E-state index contributed by atoms with van der Waals surface area (Å²) in [6.45, 7) is 6.85. The number of hydrogen-bond donors (Lipinski definition) is 3. The minimum absolute atomic E-state index is 0.403. The first-order valence-corrected chi connectivity index (χ1v) is 8.94. The molecule has 0 unspecified atom stereocenters. The first-order valence-electron chi connectivity index (χ1n) is 8.94. The average Bonchev–Trinajstić information content (AvgIpc) is 2.64. The number of ether oxygens (including phenoxy) is 4. The van der Waals surface area contributed by atoms with Crippen molar-refractivity contribution in [3.63, 3.8) is 0 Å². The molecule has 1 aromatic rings. The molecule has 28 heavy (non-hydrogen) atoms. The van der Waals surface area contributed by atoms with Gasteiger partial charge in [-0.25, -0.2) is 4.79 Å². The molecule has 9 heteroatoms. The molecule has 0 saturated carbocycles. The molecule has 0 radical (unpaired) electrons. The third kappa shape index (κ3) is 7.81. The Morgan fingerprint density at radius 1 is 0.964 bits per heavy atom. The Hall–Kier alpha value is -2.84. The Morgan fingerprint density at radius 2 is 1.54 bits per heavy atom. The van der Waals surface area contributed by atoms with E-state index in [0.717, 1.165) is 5.56 Å². The van der Waals surface area contributed by atoms with E-state index >= 15 is 0 Å². The Bertz CT molecular complexity index is 646. The minimum Gasteiger partial charge on any atom is -0.493 e. The first-order chi connectivity index (χ1) is 13.2. The highest BCUT2D eigenvalue weighted by atomic mass is 16.6. The second kappa shape index (κ2) is 11.1. The molecule has 0 aliphatic carbocycles. The molecule has 0 spiro atoms. The summed E-state index contributed by atoms with van der Waals surface area (Å²) in [5, 5.41) is 9.00. The molecule has 1 amide bonds. The number of methoxy groups -OCH3 is 3. The van der Waals surface area contributed by atoms with E-state index in [0.29, 0.717) is 42.8 Å². The summed E-state index contributed by atoms with van der Waals surface area (Å²) in [6.07, 6.45) is -0.449. The van der Waals surface area contributed by atoms with Crippen molar-refractivity contribution in [1.82, 2.24) is 16.0 Å². The smallest absolute Gasteiger partial charge is 0.407 e. The Balaban J connectivity index is 2.53. The van der Waals surface area contributed by atoms with E-state index < -0.39 is 11.7 Å². The Kier molecular flexibility index (Phi) is 9.20. The molecule has 0 saturated heterocycles. The van der Waals surface area contributed by atoms with Crippen LogP contribution in [0.25, 0.3) is 0 Å². The maximum absolute atomic E-state index is 11.6. The lowest BCUT2D eigenvalue weighted by Crippen LogP contribution is -2.42. The molecule has 0 aliphatic heterocycles. The van der Waals surface area contributed by atoms with Gasteiger partial charge in [0, 0.05) is 26.7 Å². The molecule has 0 aliphatic rings. The third-order valence-electron chi connectivity index (χ3n) is 3.49. The maximum atomic E-state index is 11.6. The van der Waals surface area contributed by atoms with Crippen molar-refractivity contribution in [3.8, 4) is 17.2 Å². The van der Waals surface area contributed by atoms with Crippen LogP contribution in [0.1, 0.15) is 26.3 Å². The largest absolute Gasteiger partial charge is 0.493 e. The number of rotatable bonds is 8. The molecular weight excluding hydrogens is 364 g/mol. The quantitative estimate of drug-likeness (QED) is 0.350. The predicted octanol–water partition coefficient (Wildman–Crippen LogP) is 1.90. The fraction of sp³-hybridized carbons (Fsp3) is 0.579. The molecular formula is C19H32N4O5. The minimum atomic E-state index is -0.518. The van der Waals surface area contributed by atoms with Crippen LogP contribution in [0.4, 0.5) is 4.79 Å². The predicted molar refractivity (Wildman–Crippen MR) is 109 cm³/mol. The number of benzene rings is 1. The molecule has 0 aromatic heterocycles. The normalized spacial score (nSPS) is 11.5. The van der Waals surface area contributed by atoms with Crippen molar-refractivity contribution in [3.05, 3.63) is 17.7 Å². The van der Waals surface area contributed by atoms with Crippen LogP contribution in [0, 0.1) is 0 Å². The standard InChI is InChI=1S/C19H32N4O5/c1-19(2,3)28-18(24)22-9-8-21-17(20-4)23-12-13-10-14(25-5)16(27-7)15(11-13)26-6/h10-11H,8-9,12H2,1-7H3,(H,22,24)(H2,20,21,23). The van der Waals surface area contributed by atoms with Gasteiger partial charge in [-0.15, -0.1) is 0 Å². The number of alkyl carbamates (subject to hydrolysis) is 1. The van der Waals surface area contributed by atoms with Crippen molar-refractivity contribution < 1.29 is 23.7 Å². The first kappa shape index (κ1) is 23.2. The SMILES string of the molecule is CN=C(NCCNC(=O)OC(C)(C)C)NCc1cc(OC)c(OC)c(OC)c1.